The van der Waals surface area contributed by atoms with Crippen molar-refractivity contribution in [3.63, 3.8) is 0 Å². The number of carbonyl (C=O) groups is 3. The van der Waals surface area contributed by atoms with E-state index in [9.17, 15) is 18.8 Å². The summed E-state index contributed by atoms with van der Waals surface area (Å²) in [6.45, 7) is 8.03. The minimum Gasteiger partial charge on any atom is -0.466 e. The number of nitrogens with zero attached hydrogens (tertiary/aromatic N) is 3. The van der Waals surface area contributed by atoms with Crippen molar-refractivity contribution in [2.24, 2.45) is 5.92 Å². The lowest BCUT2D eigenvalue weighted by atomic mass is 9.95. The van der Waals surface area contributed by atoms with Crippen LogP contribution in [0.25, 0.3) is 0 Å². The van der Waals surface area contributed by atoms with Crippen molar-refractivity contribution >= 4 is 17.8 Å². The molecule has 182 valence electrons. The van der Waals surface area contributed by atoms with Gasteiger partial charge >= 0.3 is 5.97 Å². The van der Waals surface area contributed by atoms with Crippen LogP contribution >= 0.6 is 0 Å². The largest absolute Gasteiger partial charge is 0.466 e. The summed E-state index contributed by atoms with van der Waals surface area (Å²) in [5.41, 5.74) is 0.424. The van der Waals surface area contributed by atoms with Crippen LogP contribution in [-0.4, -0.2) is 84.4 Å². The molecule has 0 saturated carbocycles. The van der Waals surface area contributed by atoms with Gasteiger partial charge in [-0.05, 0) is 70.0 Å². The van der Waals surface area contributed by atoms with E-state index in [1.54, 1.807) is 11.8 Å². The lowest BCUT2D eigenvalue weighted by Gasteiger charge is -2.37. The molecular formula is C25H36FN3O4. The van der Waals surface area contributed by atoms with Crippen molar-refractivity contribution in [3.05, 3.63) is 35.6 Å². The van der Waals surface area contributed by atoms with Gasteiger partial charge in [0.2, 0.25) is 5.91 Å². The van der Waals surface area contributed by atoms with Crippen molar-refractivity contribution in [1.29, 1.82) is 0 Å². The minimum atomic E-state index is -0.386. The Kier molecular flexibility index (Phi) is 9.23. The van der Waals surface area contributed by atoms with Crippen LogP contribution in [0.4, 0.5) is 4.39 Å². The Morgan fingerprint density at radius 1 is 1.09 bits per heavy atom. The molecule has 2 fully saturated rings. The van der Waals surface area contributed by atoms with Crippen molar-refractivity contribution in [1.82, 2.24) is 14.7 Å². The molecule has 0 radical (unpaired) electrons. The molecule has 0 aromatic heterocycles. The van der Waals surface area contributed by atoms with E-state index in [1.165, 1.54) is 24.3 Å². The molecule has 1 aromatic carbocycles. The van der Waals surface area contributed by atoms with E-state index in [0.29, 0.717) is 50.8 Å². The van der Waals surface area contributed by atoms with E-state index in [2.05, 4.69) is 11.8 Å². The fourth-order valence-corrected chi connectivity index (χ4v) is 4.92. The molecule has 2 aliphatic rings. The SMILES string of the molecule is CCOC(=O)CCN(CC1CCCN1CC)C(=O)C1CCCN(C(=O)c2ccc(F)cc2)C1. The predicted octanol–water partition coefficient (Wildman–Crippen LogP) is 2.94. The number of likely N-dealkylation sites (N-methyl/N-ethyl adjacent to an activating group) is 1. The molecule has 1 aromatic rings. The molecular weight excluding hydrogens is 425 g/mol. The van der Waals surface area contributed by atoms with E-state index in [-0.39, 0.29) is 35.9 Å². The van der Waals surface area contributed by atoms with Crippen molar-refractivity contribution in [3.8, 4) is 0 Å². The molecule has 7 nitrogen and oxygen atoms in total. The second kappa shape index (κ2) is 12.1. The van der Waals surface area contributed by atoms with Crippen molar-refractivity contribution < 1.29 is 23.5 Å². The molecule has 2 saturated heterocycles. The fourth-order valence-electron chi connectivity index (χ4n) is 4.92. The zero-order chi connectivity index (χ0) is 23.8. The smallest absolute Gasteiger partial charge is 0.307 e. The number of hydrogen-bond acceptors (Lipinski definition) is 5. The summed E-state index contributed by atoms with van der Waals surface area (Å²) < 4.78 is 18.3. The summed E-state index contributed by atoms with van der Waals surface area (Å²) in [6, 6.07) is 5.81. The Morgan fingerprint density at radius 2 is 1.82 bits per heavy atom. The number of esters is 1. The third-order valence-electron chi connectivity index (χ3n) is 6.69. The number of likely N-dealkylation sites (tertiary alicyclic amines) is 2. The highest BCUT2D eigenvalue weighted by atomic mass is 19.1. The number of ether oxygens (including phenoxy) is 1. The van der Waals surface area contributed by atoms with Crippen LogP contribution in [0.3, 0.4) is 0 Å². The van der Waals surface area contributed by atoms with Gasteiger partial charge in [-0.15, -0.1) is 0 Å². The minimum absolute atomic E-state index is 0.00106. The quantitative estimate of drug-likeness (QED) is 0.529. The first-order chi connectivity index (χ1) is 15.9. The molecule has 3 rings (SSSR count). The maximum absolute atomic E-state index is 13.6. The van der Waals surface area contributed by atoms with Crippen LogP contribution in [0.2, 0.25) is 0 Å². The zero-order valence-electron chi connectivity index (χ0n) is 19.8. The van der Waals surface area contributed by atoms with Crippen LogP contribution in [-0.2, 0) is 14.3 Å². The Labute approximate surface area is 195 Å². The average Bonchev–Trinajstić information content (AvgIpc) is 3.28. The lowest BCUT2D eigenvalue weighted by molar-refractivity contribution is -0.145. The van der Waals surface area contributed by atoms with Gasteiger partial charge in [-0.2, -0.15) is 0 Å². The lowest BCUT2D eigenvalue weighted by Crippen LogP contribution is -2.50. The highest BCUT2D eigenvalue weighted by Gasteiger charge is 2.34. The Morgan fingerprint density at radius 3 is 2.52 bits per heavy atom. The van der Waals surface area contributed by atoms with Crippen LogP contribution in [0.1, 0.15) is 56.3 Å². The normalized spacial score (nSPS) is 21.1. The molecule has 2 atom stereocenters. The van der Waals surface area contributed by atoms with E-state index >= 15 is 0 Å². The number of benzene rings is 1. The third-order valence-corrected chi connectivity index (χ3v) is 6.69. The van der Waals surface area contributed by atoms with Gasteiger partial charge in [0.15, 0.2) is 0 Å². The van der Waals surface area contributed by atoms with Gasteiger partial charge in [-0.25, -0.2) is 4.39 Å². The number of carbonyl (C=O) groups excluding carboxylic acids is 3. The number of piperidine rings is 1. The van der Waals surface area contributed by atoms with E-state index in [4.69, 9.17) is 4.74 Å². The van der Waals surface area contributed by atoms with Crippen LogP contribution < -0.4 is 0 Å². The van der Waals surface area contributed by atoms with Gasteiger partial charge < -0.3 is 14.5 Å². The molecule has 0 spiro atoms. The average molecular weight is 462 g/mol. The molecule has 2 unspecified atom stereocenters. The molecule has 2 amide bonds. The molecule has 33 heavy (non-hydrogen) atoms. The van der Waals surface area contributed by atoms with E-state index in [1.807, 2.05) is 4.90 Å². The van der Waals surface area contributed by atoms with Gasteiger partial charge in [0, 0.05) is 37.8 Å². The highest BCUT2D eigenvalue weighted by Crippen LogP contribution is 2.23. The van der Waals surface area contributed by atoms with Crippen LogP contribution in [0.15, 0.2) is 24.3 Å². The van der Waals surface area contributed by atoms with Crippen molar-refractivity contribution in [2.45, 2.75) is 52.0 Å². The summed E-state index contributed by atoms with van der Waals surface area (Å²) in [4.78, 5) is 44.3. The molecule has 2 heterocycles. The fraction of sp³-hybridized carbons (Fsp3) is 0.640. The maximum Gasteiger partial charge on any atom is 0.307 e. The highest BCUT2D eigenvalue weighted by molar-refractivity contribution is 5.94. The van der Waals surface area contributed by atoms with Gasteiger partial charge in [-0.1, -0.05) is 6.92 Å². The molecule has 0 aliphatic carbocycles. The van der Waals surface area contributed by atoms with Crippen molar-refractivity contribution in [2.75, 3.05) is 45.9 Å². The van der Waals surface area contributed by atoms with Crippen LogP contribution in [0, 0.1) is 11.7 Å². The first-order valence-electron chi connectivity index (χ1n) is 12.2. The number of hydrogen-bond donors (Lipinski definition) is 0. The third kappa shape index (κ3) is 6.76. The topological polar surface area (TPSA) is 70.2 Å². The zero-order valence-corrected chi connectivity index (χ0v) is 19.8. The molecule has 2 aliphatic heterocycles. The summed E-state index contributed by atoms with van der Waals surface area (Å²) in [5.74, 6) is -1.17. The van der Waals surface area contributed by atoms with Gasteiger partial charge in [0.05, 0.1) is 18.9 Å². The Bertz CT molecular complexity index is 816. The van der Waals surface area contributed by atoms with Gasteiger partial charge in [-0.3, -0.25) is 19.3 Å². The number of halogens is 1. The Hall–Kier alpha value is -2.48. The van der Waals surface area contributed by atoms with Gasteiger partial charge in [0.25, 0.3) is 5.91 Å². The molecule has 0 bridgehead atoms. The predicted molar refractivity (Wildman–Crippen MR) is 123 cm³/mol. The number of amides is 2. The first-order valence-corrected chi connectivity index (χ1v) is 12.2. The van der Waals surface area contributed by atoms with E-state index in [0.717, 1.165) is 32.4 Å². The summed E-state index contributed by atoms with van der Waals surface area (Å²) in [5, 5.41) is 0. The Balaban J connectivity index is 1.68. The summed E-state index contributed by atoms with van der Waals surface area (Å²) in [7, 11) is 0. The number of rotatable bonds is 9. The van der Waals surface area contributed by atoms with Gasteiger partial charge in [0.1, 0.15) is 5.82 Å². The molecule has 8 heteroatoms. The second-order valence-corrected chi connectivity index (χ2v) is 8.86. The monoisotopic (exact) mass is 461 g/mol. The van der Waals surface area contributed by atoms with E-state index < -0.39 is 0 Å². The summed E-state index contributed by atoms with van der Waals surface area (Å²) >= 11 is 0. The maximum atomic E-state index is 13.6. The first kappa shape index (κ1) is 25.1. The molecule has 0 N–H and O–H groups in total. The standard InChI is InChI=1S/C25H36FN3O4/c1-3-27-14-6-8-22(27)18-29(16-13-23(30)33-4-2)25(32)20-7-5-15-28(17-20)24(31)19-9-11-21(26)12-10-19/h9-12,20,22H,3-8,13-18H2,1-2H3. The van der Waals surface area contributed by atoms with Crippen LogP contribution in [0.5, 0.6) is 0 Å². The summed E-state index contributed by atoms with van der Waals surface area (Å²) in [6.07, 6.45) is 3.77. The second-order valence-electron chi connectivity index (χ2n) is 8.86.